The SMILES string of the molecule is CC(C)(C)CC(=O)N(Cc1ccccc1NC(=O)c1ccc(F)cc1)C1CCC(N)CC1. The van der Waals surface area contributed by atoms with Gasteiger partial charge in [-0.2, -0.15) is 0 Å². The monoisotopic (exact) mass is 439 g/mol. The first-order valence-electron chi connectivity index (χ1n) is 11.3. The number of hydrogen-bond acceptors (Lipinski definition) is 3. The number of carbonyl (C=O) groups excluding carboxylic acids is 2. The van der Waals surface area contributed by atoms with Crippen molar-refractivity contribution in [2.75, 3.05) is 5.32 Å². The van der Waals surface area contributed by atoms with Gasteiger partial charge in [-0.05, 0) is 67.0 Å². The number of nitrogens with zero attached hydrogens (tertiary/aromatic N) is 1. The topological polar surface area (TPSA) is 75.4 Å². The maximum Gasteiger partial charge on any atom is 0.255 e. The third kappa shape index (κ3) is 6.63. The molecule has 0 heterocycles. The van der Waals surface area contributed by atoms with Gasteiger partial charge in [-0.3, -0.25) is 9.59 Å². The van der Waals surface area contributed by atoms with Crippen molar-refractivity contribution in [2.45, 2.75) is 71.5 Å². The number of nitrogens with two attached hydrogens (primary N) is 1. The number of carbonyl (C=O) groups is 2. The summed E-state index contributed by atoms with van der Waals surface area (Å²) in [6, 6.07) is 13.3. The van der Waals surface area contributed by atoms with Crippen LogP contribution in [0.25, 0.3) is 0 Å². The molecule has 1 fully saturated rings. The first-order chi connectivity index (χ1) is 15.1. The molecule has 2 amide bonds. The van der Waals surface area contributed by atoms with Crippen LogP contribution in [0.15, 0.2) is 48.5 Å². The Bertz CT molecular complexity index is 929. The molecule has 2 aromatic carbocycles. The van der Waals surface area contributed by atoms with Crippen LogP contribution < -0.4 is 11.1 Å². The van der Waals surface area contributed by atoms with E-state index < -0.39 is 0 Å². The summed E-state index contributed by atoms with van der Waals surface area (Å²) in [5.74, 6) is -0.576. The van der Waals surface area contributed by atoms with Gasteiger partial charge in [-0.1, -0.05) is 39.0 Å². The summed E-state index contributed by atoms with van der Waals surface area (Å²) in [5.41, 5.74) is 7.89. The van der Waals surface area contributed by atoms with Crippen molar-refractivity contribution < 1.29 is 14.0 Å². The summed E-state index contributed by atoms with van der Waals surface area (Å²) < 4.78 is 13.2. The van der Waals surface area contributed by atoms with E-state index in [-0.39, 0.29) is 35.1 Å². The molecule has 0 aromatic heterocycles. The van der Waals surface area contributed by atoms with Crippen LogP contribution >= 0.6 is 0 Å². The van der Waals surface area contributed by atoms with E-state index in [4.69, 9.17) is 5.73 Å². The highest BCUT2D eigenvalue weighted by molar-refractivity contribution is 6.04. The number of hydrogen-bond donors (Lipinski definition) is 2. The lowest BCUT2D eigenvalue weighted by molar-refractivity contribution is -0.137. The third-order valence-electron chi connectivity index (χ3n) is 5.90. The van der Waals surface area contributed by atoms with E-state index in [2.05, 4.69) is 26.1 Å². The summed E-state index contributed by atoms with van der Waals surface area (Å²) in [6.07, 6.45) is 4.06. The van der Waals surface area contributed by atoms with E-state index in [9.17, 15) is 14.0 Å². The molecule has 0 aliphatic heterocycles. The molecule has 0 bridgehead atoms. The average molecular weight is 440 g/mol. The Kier molecular flexibility index (Phi) is 7.67. The van der Waals surface area contributed by atoms with Crippen molar-refractivity contribution in [3.63, 3.8) is 0 Å². The summed E-state index contributed by atoms with van der Waals surface area (Å²) in [6.45, 7) is 6.62. The fraction of sp³-hybridized carbons (Fsp3) is 0.462. The predicted octanol–water partition coefficient (Wildman–Crippen LogP) is 5.11. The highest BCUT2D eigenvalue weighted by atomic mass is 19.1. The van der Waals surface area contributed by atoms with Gasteiger partial charge in [0.2, 0.25) is 5.91 Å². The average Bonchev–Trinajstić information content (AvgIpc) is 2.73. The van der Waals surface area contributed by atoms with E-state index in [1.54, 1.807) is 0 Å². The van der Waals surface area contributed by atoms with Gasteiger partial charge in [0.05, 0.1) is 0 Å². The summed E-state index contributed by atoms with van der Waals surface area (Å²) in [5, 5.41) is 2.93. The highest BCUT2D eigenvalue weighted by Gasteiger charge is 2.30. The van der Waals surface area contributed by atoms with Gasteiger partial charge in [0, 0.05) is 36.3 Å². The third-order valence-corrected chi connectivity index (χ3v) is 5.90. The molecule has 0 radical (unpaired) electrons. The second kappa shape index (κ2) is 10.3. The molecule has 0 unspecified atom stereocenters. The lowest BCUT2D eigenvalue weighted by Crippen LogP contribution is -2.44. The Morgan fingerprint density at radius 3 is 2.28 bits per heavy atom. The van der Waals surface area contributed by atoms with Crippen LogP contribution in [0.3, 0.4) is 0 Å². The Morgan fingerprint density at radius 2 is 1.66 bits per heavy atom. The molecule has 32 heavy (non-hydrogen) atoms. The fourth-order valence-corrected chi connectivity index (χ4v) is 4.15. The highest BCUT2D eigenvalue weighted by Crippen LogP contribution is 2.29. The Morgan fingerprint density at radius 1 is 1.03 bits per heavy atom. The van der Waals surface area contributed by atoms with Gasteiger partial charge >= 0.3 is 0 Å². The zero-order chi connectivity index (χ0) is 23.3. The zero-order valence-corrected chi connectivity index (χ0v) is 19.2. The number of halogens is 1. The summed E-state index contributed by atoms with van der Waals surface area (Å²) >= 11 is 0. The van der Waals surface area contributed by atoms with Crippen LogP contribution in [-0.4, -0.2) is 28.8 Å². The second-order valence-corrected chi connectivity index (χ2v) is 9.95. The van der Waals surface area contributed by atoms with E-state index in [0.717, 1.165) is 31.2 Å². The van der Waals surface area contributed by atoms with E-state index in [0.29, 0.717) is 24.2 Å². The minimum atomic E-state index is -0.387. The number of rotatable bonds is 6. The van der Waals surface area contributed by atoms with Gasteiger partial charge in [-0.15, -0.1) is 0 Å². The first-order valence-corrected chi connectivity index (χ1v) is 11.3. The molecule has 2 aromatic rings. The van der Waals surface area contributed by atoms with Crippen molar-refractivity contribution in [1.29, 1.82) is 0 Å². The standard InChI is InChI=1S/C26H34FN3O2/c1-26(2,3)16-24(31)30(22-14-12-21(28)13-15-22)17-19-6-4-5-7-23(19)29-25(32)18-8-10-20(27)11-9-18/h4-11,21-22H,12-17,28H2,1-3H3,(H,29,32). The number of amides is 2. The normalized spacial score (nSPS) is 18.8. The lowest BCUT2D eigenvalue weighted by atomic mass is 9.88. The van der Waals surface area contributed by atoms with Gasteiger partial charge in [0.1, 0.15) is 5.82 Å². The number of anilines is 1. The van der Waals surface area contributed by atoms with Crippen LogP contribution in [0.2, 0.25) is 0 Å². The molecule has 1 saturated carbocycles. The lowest BCUT2D eigenvalue weighted by Gasteiger charge is -2.38. The van der Waals surface area contributed by atoms with Gasteiger partial charge in [-0.25, -0.2) is 4.39 Å². The molecule has 0 spiro atoms. The van der Waals surface area contributed by atoms with Crippen LogP contribution in [0.1, 0.15) is 68.8 Å². The molecule has 3 rings (SSSR count). The molecule has 0 atom stereocenters. The quantitative estimate of drug-likeness (QED) is 0.656. The Balaban J connectivity index is 1.81. The van der Waals surface area contributed by atoms with E-state index in [1.165, 1.54) is 24.3 Å². The van der Waals surface area contributed by atoms with Crippen molar-refractivity contribution >= 4 is 17.5 Å². The predicted molar refractivity (Wildman–Crippen MR) is 126 cm³/mol. The first kappa shape index (κ1) is 23.9. The van der Waals surface area contributed by atoms with E-state index >= 15 is 0 Å². The molecule has 0 saturated heterocycles. The number of nitrogens with one attached hydrogen (secondary N) is 1. The van der Waals surface area contributed by atoms with Crippen LogP contribution in [0.4, 0.5) is 10.1 Å². The van der Waals surface area contributed by atoms with Crippen LogP contribution in [0.5, 0.6) is 0 Å². The fourth-order valence-electron chi connectivity index (χ4n) is 4.15. The van der Waals surface area contributed by atoms with Crippen LogP contribution in [0, 0.1) is 11.2 Å². The molecule has 1 aliphatic rings. The summed E-state index contributed by atoms with van der Waals surface area (Å²) in [7, 11) is 0. The molecule has 5 nitrogen and oxygen atoms in total. The van der Waals surface area contributed by atoms with E-state index in [1.807, 2.05) is 29.2 Å². The van der Waals surface area contributed by atoms with Crippen molar-refractivity contribution in [3.8, 4) is 0 Å². The Hall–Kier alpha value is -2.73. The maximum atomic E-state index is 13.3. The molecular formula is C26H34FN3O2. The minimum absolute atomic E-state index is 0.114. The number of para-hydroxylation sites is 1. The smallest absolute Gasteiger partial charge is 0.255 e. The zero-order valence-electron chi connectivity index (χ0n) is 19.2. The number of benzene rings is 2. The minimum Gasteiger partial charge on any atom is -0.335 e. The van der Waals surface area contributed by atoms with Crippen molar-refractivity contribution in [3.05, 3.63) is 65.5 Å². The molecular weight excluding hydrogens is 405 g/mol. The van der Waals surface area contributed by atoms with Gasteiger partial charge < -0.3 is 16.0 Å². The molecule has 6 heteroatoms. The van der Waals surface area contributed by atoms with Crippen LogP contribution in [-0.2, 0) is 11.3 Å². The van der Waals surface area contributed by atoms with Crippen molar-refractivity contribution in [1.82, 2.24) is 4.90 Å². The maximum absolute atomic E-state index is 13.3. The van der Waals surface area contributed by atoms with Crippen molar-refractivity contribution in [2.24, 2.45) is 11.1 Å². The van der Waals surface area contributed by atoms with Gasteiger partial charge in [0.15, 0.2) is 0 Å². The molecule has 1 aliphatic carbocycles. The largest absolute Gasteiger partial charge is 0.335 e. The Labute approximate surface area is 190 Å². The molecule has 172 valence electrons. The molecule has 3 N–H and O–H groups in total. The second-order valence-electron chi connectivity index (χ2n) is 9.95. The van der Waals surface area contributed by atoms with Gasteiger partial charge in [0.25, 0.3) is 5.91 Å². The summed E-state index contributed by atoms with van der Waals surface area (Å²) in [4.78, 5) is 28.0.